The summed E-state index contributed by atoms with van der Waals surface area (Å²) in [5.74, 6) is 0. The van der Waals surface area contributed by atoms with Crippen LogP contribution < -0.4 is 5.73 Å². The van der Waals surface area contributed by atoms with E-state index in [2.05, 4.69) is 11.9 Å². The average molecular weight is 202 g/mol. The Morgan fingerprint density at radius 1 is 1.43 bits per heavy atom. The first kappa shape index (κ1) is 11.9. The maximum Gasteiger partial charge on any atom is 0.0707 e. The molecule has 2 atom stereocenters. The van der Waals surface area contributed by atoms with Gasteiger partial charge in [-0.05, 0) is 19.9 Å². The van der Waals surface area contributed by atoms with Crippen LogP contribution in [0.5, 0.6) is 0 Å². The number of likely N-dealkylation sites (N-methyl/N-ethyl adjacent to an activating group) is 1. The van der Waals surface area contributed by atoms with Crippen molar-refractivity contribution in [3.63, 3.8) is 0 Å². The van der Waals surface area contributed by atoms with Gasteiger partial charge in [-0.3, -0.25) is 0 Å². The zero-order chi connectivity index (χ0) is 10.4. The molecule has 1 rings (SSSR count). The van der Waals surface area contributed by atoms with Crippen LogP contribution in [-0.2, 0) is 9.47 Å². The second-order valence-corrected chi connectivity index (χ2v) is 3.95. The number of nitrogens with zero attached hydrogens (tertiary/aromatic N) is 1. The number of methoxy groups -OCH3 is 1. The normalized spacial score (nSPS) is 27.4. The fraction of sp³-hybridized carbons (Fsp3) is 1.00. The first-order chi connectivity index (χ1) is 6.76. The van der Waals surface area contributed by atoms with Gasteiger partial charge in [0.25, 0.3) is 0 Å². The van der Waals surface area contributed by atoms with Crippen LogP contribution in [-0.4, -0.2) is 57.5 Å². The maximum atomic E-state index is 5.75. The van der Waals surface area contributed by atoms with Gasteiger partial charge in [-0.2, -0.15) is 0 Å². The lowest BCUT2D eigenvalue weighted by Crippen LogP contribution is -2.32. The molecule has 0 aliphatic carbocycles. The molecule has 1 aliphatic rings. The van der Waals surface area contributed by atoms with Crippen LogP contribution in [0.1, 0.15) is 12.8 Å². The molecule has 0 saturated carbocycles. The zero-order valence-corrected chi connectivity index (χ0v) is 9.24. The summed E-state index contributed by atoms with van der Waals surface area (Å²) >= 11 is 0. The lowest BCUT2D eigenvalue weighted by Gasteiger charge is -2.20. The Kier molecular flexibility index (Phi) is 5.40. The molecular formula is C10H22N2O2. The molecule has 0 bridgehead atoms. The molecule has 4 heteroatoms. The second-order valence-electron chi connectivity index (χ2n) is 3.95. The van der Waals surface area contributed by atoms with Gasteiger partial charge in [0.15, 0.2) is 0 Å². The van der Waals surface area contributed by atoms with Crippen molar-refractivity contribution in [3.8, 4) is 0 Å². The monoisotopic (exact) mass is 202 g/mol. The number of rotatable bonds is 6. The standard InChI is InChI=1S/C10H22N2O2/c1-12(5-6-13-2)8-10-4-3-9(7-11)14-10/h9-10H,3-8,11H2,1-2H3. The summed E-state index contributed by atoms with van der Waals surface area (Å²) in [5, 5.41) is 0. The Balaban J connectivity index is 2.12. The molecule has 1 aliphatic heterocycles. The van der Waals surface area contributed by atoms with Crippen molar-refractivity contribution in [2.24, 2.45) is 5.73 Å². The first-order valence-electron chi connectivity index (χ1n) is 5.29. The predicted octanol–water partition coefficient (Wildman–Crippen LogP) is 0.0709. The summed E-state index contributed by atoms with van der Waals surface area (Å²) in [5.41, 5.74) is 5.55. The molecule has 0 aromatic carbocycles. The smallest absolute Gasteiger partial charge is 0.0707 e. The quantitative estimate of drug-likeness (QED) is 0.662. The van der Waals surface area contributed by atoms with E-state index in [-0.39, 0.29) is 6.10 Å². The van der Waals surface area contributed by atoms with Crippen LogP contribution in [0.4, 0.5) is 0 Å². The highest BCUT2D eigenvalue weighted by atomic mass is 16.5. The molecule has 1 saturated heterocycles. The van der Waals surface area contributed by atoms with Crippen molar-refractivity contribution >= 4 is 0 Å². The van der Waals surface area contributed by atoms with Crippen LogP contribution in [0.15, 0.2) is 0 Å². The van der Waals surface area contributed by atoms with Gasteiger partial charge in [-0.15, -0.1) is 0 Å². The van der Waals surface area contributed by atoms with E-state index in [0.717, 1.165) is 32.5 Å². The summed E-state index contributed by atoms with van der Waals surface area (Å²) in [6, 6.07) is 0. The van der Waals surface area contributed by atoms with E-state index in [1.54, 1.807) is 7.11 Å². The molecule has 84 valence electrons. The van der Waals surface area contributed by atoms with Crippen molar-refractivity contribution in [2.45, 2.75) is 25.0 Å². The lowest BCUT2D eigenvalue weighted by atomic mass is 10.2. The number of hydrogen-bond donors (Lipinski definition) is 1. The van der Waals surface area contributed by atoms with Crippen LogP contribution in [0.2, 0.25) is 0 Å². The summed E-state index contributed by atoms with van der Waals surface area (Å²) in [4.78, 5) is 2.24. The topological polar surface area (TPSA) is 47.7 Å². The third kappa shape index (κ3) is 3.92. The van der Waals surface area contributed by atoms with E-state index >= 15 is 0 Å². The van der Waals surface area contributed by atoms with Gasteiger partial charge in [0.1, 0.15) is 0 Å². The highest BCUT2D eigenvalue weighted by Gasteiger charge is 2.24. The van der Waals surface area contributed by atoms with Gasteiger partial charge in [0.2, 0.25) is 0 Å². The van der Waals surface area contributed by atoms with E-state index in [4.69, 9.17) is 15.2 Å². The van der Waals surface area contributed by atoms with Crippen LogP contribution >= 0.6 is 0 Å². The minimum absolute atomic E-state index is 0.288. The van der Waals surface area contributed by atoms with Gasteiger partial charge in [0, 0.05) is 26.7 Å². The molecule has 0 radical (unpaired) electrons. The summed E-state index contributed by atoms with van der Waals surface area (Å²) in [6.07, 6.45) is 2.90. The van der Waals surface area contributed by atoms with E-state index in [9.17, 15) is 0 Å². The molecule has 0 amide bonds. The molecule has 1 fully saturated rings. The van der Waals surface area contributed by atoms with Gasteiger partial charge in [0.05, 0.1) is 18.8 Å². The highest BCUT2D eigenvalue weighted by Crippen LogP contribution is 2.19. The molecule has 2 unspecified atom stereocenters. The van der Waals surface area contributed by atoms with Crippen molar-refractivity contribution in [1.82, 2.24) is 4.90 Å². The van der Waals surface area contributed by atoms with Crippen LogP contribution in [0, 0.1) is 0 Å². The van der Waals surface area contributed by atoms with Crippen molar-refractivity contribution in [3.05, 3.63) is 0 Å². The maximum absolute atomic E-state index is 5.75. The molecule has 0 aromatic rings. The summed E-state index contributed by atoms with van der Waals surface area (Å²) in [6.45, 7) is 3.38. The summed E-state index contributed by atoms with van der Waals surface area (Å²) < 4.78 is 10.8. The van der Waals surface area contributed by atoms with E-state index in [1.807, 2.05) is 0 Å². The van der Waals surface area contributed by atoms with E-state index in [1.165, 1.54) is 0 Å². The third-order valence-corrected chi connectivity index (χ3v) is 2.65. The molecule has 0 spiro atoms. The Hall–Kier alpha value is -0.160. The summed E-state index contributed by atoms with van der Waals surface area (Å²) in [7, 11) is 3.82. The Morgan fingerprint density at radius 2 is 2.14 bits per heavy atom. The van der Waals surface area contributed by atoms with Gasteiger partial charge >= 0.3 is 0 Å². The first-order valence-corrected chi connectivity index (χ1v) is 5.29. The van der Waals surface area contributed by atoms with Gasteiger partial charge < -0.3 is 20.1 Å². The van der Waals surface area contributed by atoms with Gasteiger partial charge in [-0.25, -0.2) is 0 Å². The minimum Gasteiger partial charge on any atom is -0.383 e. The molecule has 0 aromatic heterocycles. The number of ether oxygens (including phenoxy) is 2. The predicted molar refractivity (Wildman–Crippen MR) is 56.3 cm³/mol. The fourth-order valence-electron chi connectivity index (χ4n) is 1.77. The third-order valence-electron chi connectivity index (χ3n) is 2.65. The highest BCUT2D eigenvalue weighted by molar-refractivity contribution is 4.76. The van der Waals surface area contributed by atoms with Crippen molar-refractivity contribution in [1.29, 1.82) is 0 Å². The second kappa shape index (κ2) is 6.35. The van der Waals surface area contributed by atoms with E-state index < -0.39 is 0 Å². The van der Waals surface area contributed by atoms with Crippen LogP contribution in [0.25, 0.3) is 0 Å². The Bertz CT molecular complexity index is 155. The average Bonchev–Trinajstić information content (AvgIpc) is 2.62. The van der Waals surface area contributed by atoms with Crippen molar-refractivity contribution in [2.75, 3.05) is 40.4 Å². The minimum atomic E-state index is 0.288. The molecule has 2 N–H and O–H groups in total. The Labute approximate surface area is 86.3 Å². The molecular weight excluding hydrogens is 180 g/mol. The largest absolute Gasteiger partial charge is 0.383 e. The number of nitrogens with two attached hydrogens (primary N) is 1. The fourth-order valence-corrected chi connectivity index (χ4v) is 1.77. The molecule has 1 heterocycles. The SMILES string of the molecule is COCCN(C)CC1CCC(CN)O1. The van der Waals surface area contributed by atoms with Crippen LogP contribution in [0.3, 0.4) is 0 Å². The number of hydrogen-bond acceptors (Lipinski definition) is 4. The van der Waals surface area contributed by atoms with Crippen molar-refractivity contribution < 1.29 is 9.47 Å². The molecule has 14 heavy (non-hydrogen) atoms. The lowest BCUT2D eigenvalue weighted by molar-refractivity contribution is 0.0278. The van der Waals surface area contributed by atoms with Gasteiger partial charge in [-0.1, -0.05) is 0 Å². The zero-order valence-electron chi connectivity index (χ0n) is 9.24. The Morgan fingerprint density at radius 3 is 2.71 bits per heavy atom. The van der Waals surface area contributed by atoms with E-state index in [0.29, 0.717) is 12.6 Å². The molecule has 4 nitrogen and oxygen atoms in total.